The number of halogens is 3. The quantitative estimate of drug-likeness (QED) is 0.563. The van der Waals surface area contributed by atoms with Crippen molar-refractivity contribution >= 4 is 5.69 Å². The fraction of sp³-hybridized carbons (Fsp3) is 0.143. The largest absolute Gasteiger partial charge is 0.456 e. The van der Waals surface area contributed by atoms with E-state index in [4.69, 9.17) is 0 Å². The van der Waals surface area contributed by atoms with Crippen LogP contribution in [-0.2, 0) is 0 Å². The molecule has 0 radical (unpaired) electrons. The summed E-state index contributed by atoms with van der Waals surface area (Å²) in [5, 5.41) is 10.2. The van der Waals surface area contributed by atoms with Crippen LogP contribution in [-0.4, -0.2) is 11.8 Å². The third-order valence-electron chi connectivity index (χ3n) is 1.42. The predicted octanol–water partition coefficient (Wildman–Crippen LogP) is 2.18. The van der Waals surface area contributed by atoms with Crippen LogP contribution >= 0.6 is 0 Å². The fourth-order valence-corrected chi connectivity index (χ4v) is 0.850. The lowest BCUT2D eigenvalue weighted by molar-refractivity contribution is -0.387. The average molecular weight is 207 g/mol. The summed E-state index contributed by atoms with van der Waals surface area (Å²) < 4.78 is 41.3. The first-order chi connectivity index (χ1) is 6.57. The first-order valence-electron chi connectivity index (χ1n) is 3.39. The van der Waals surface area contributed by atoms with E-state index in [0.717, 1.165) is 0 Å². The minimum absolute atomic E-state index is 0.631. The Bertz CT molecular complexity index is 369. The Labute approximate surface area is 76.1 Å². The minimum Gasteiger partial charge on any atom is -0.456 e. The van der Waals surface area contributed by atoms with Crippen molar-refractivity contribution < 1.29 is 22.8 Å². The molecule has 0 amide bonds. The molecule has 0 aliphatic rings. The number of hydrogen-bond acceptors (Lipinski definition) is 3. The normalized spacial score (nSPS) is 9.93. The van der Waals surface area contributed by atoms with Gasteiger partial charge < -0.3 is 4.74 Å². The van der Waals surface area contributed by atoms with E-state index < -0.39 is 34.9 Å². The first kappa shape index (κ1) is 10.3. The highest BCUT2D eigenvalue weighted by Gasteiger charge is 2.22. The molecule has 0 atom stereocenters. The van der Waals surface area contributed by atoms with Gasteiger partial charge in [0.25, 0.3) is 0 Å². The van der Waals surface area contributed by atoms with Gasteiger partial charge in [0, 0.05) is 6.07 Å². The topological polar surface area (TPSA) is 52.4 Å². The van der Waals surface area contributed by atoms with Gasteiger partial charge in [-0.15, -0.1) is 0 Å². The molecule has 0 aromatic heterocycles. The zero-order chi connectivity index (χ0) is 10.7. The molecule has 0 heterocycles. The molecule has 1 aromatic rings. The Morgan fingerprint density at radius 3 is 2.57 bits per heavy atom. The van der Waals surface area contributed by atoms with E-state index in [1.807, 2.05) is 0 Å². The van der Waals surface area contributed by atoms with Gasteiger partial charge in [0.05, 0.1) is 4.92 Å². The maximum Gasteiger partial charge on any atom is 0.308 e. The number of nitrogens with zero attached hydrogens (tertiary/aromatic N) is 1. The van der Waals surface area contributed by atoms with Crippen molar-refractivity contribution in [2.24, 2.45) is 0 Å². The van der Waals surface area contributed by atoms with Gasteiger partial charge in [0.15, 0.2) is 5.82 Å². The van der Waals surface area contributed by atoms with Gasteiger partial charge >= 0.3 is 5.69 Å². The third-order valence-corrected chi connectivity index (χ3v) is 1.42. The van der Waals surface area contributed by atoms with Gasteiger partial charge in [0.2, 0.25) is 18.4 Å². The molecule has 4 nitrogen and oxygen atoms in total. The van der Waals surface area contributed by atoms with E-state index in [-0.39, 0.29) is 0 Å². The van der Waals surface area contributed by atoms with Crippen molar-refractivity contribution in [2.45, 2.75) is 0 Å². The molecule has 0 bridgehead atoms. The monoisotopic (exact) mass is 207 g/mol. The zero-order valence-electron chi connectivity index (χ0n) is 6.67. The number of hydrogen-bond donors (Lipinski definition) is 0. The SMILES string of the molecule is O=[N+]([O-])c1ccc(F)c(OCF)c1F. The highest BCUT2D eigenvalue weighted by atomic mass is 19.1. The van der Waals surface area contributed by atoms with Crippen molar-refractivity contribution in [3.05, 3.63) is 33.9 Å². The average Bonchev–Trinajstić information content (AvgIpc) is 2.11. The van der Waals surface area contributed by atoms with Crippen LogP contribution in [0, 0.1) is 21.7 Å². The van der Waals surface area contributed by atoms with Crippen LogP contribution in [0.15, 0.2) is 12.1 Å². The van der Waals surface area contributed by atoms with Gasteiger partial charge in [-0.3, -0.25) is 10.1 Å². The second-order valence-electron chi connectivity index (χ2n) is 2.22. The van der Waals surface area contributed by atoms with Crippen molar-refractivity contribution in [2.75, 3.05) is 6.86 Å². The van der Waals surface area contributed by atoms with Gasteiger partial charge in [-0.25, -0.2) is 8.78 Å². The van der Waals surface area contributed by atoms with Crippen LogP contribution in [0.5, 0.6) is 5.75 Å². The molecule has 1 rings (SSSR count). The second-order valence-corrected chi connectivity index (χ2v) is 2.22. The van der Waals surface area contributed by atoms with E-state index >= 15 is 0 Å². The Balaban J connectivity index is 3.26. The number of ether oxygens (including phenoxy) is 1. The highest BCUT2D eigenvalue weighted by Crippen LogP contribution is 2.29. The number of benzene rings is 1. The smallest absolute Gasteiger partial charge is 0.308 e. The predicted molar refractivity (Wildman–Crippen MR) is 39.6 cm³/mol. The molecule has 0 aliphatic heterocycles. The molecule has 7 heteroatoms. The number of alkyl halides is 1. The zero-order valence-corrected chi connectivity index (χ0v) is 6.67. The third kappa shape index (κ3) is 1.76. The van der Waals surface area contributed by atoms with E-state index in [1.54, 1.807) is 0 Å². The summed E-state index contributed by atoms with van der Waals surface area (Å²) in [6.07, 6.45) is 0. The summed E-state index contributed by atoms with van der Waals surface area (Å²) in [6.45, 7) is -1.46. The molecule has 0 fully saturated rings. The van der Waals surface area contributed by atoms with E-state index in [1.165, 1.54) is 0 Å². The fourth-order valence-electron chi connectivity index (χ4n) is 0.850. The minimum atomic E-state index is -1.52. The standard InChI is InChI=1S/C7H4F3NO3/c8-3-14-7-4(9)1-2-5(6(7)10)11(12)13/h1-2H,3H2. The van der Waals surface area contributed by atoms with Crippen LogP contribution in [0.4, 0.5) is 18.9 Å². The molecule has 76 valence electrons. The van der Waals surface area contributed by atoms with Gasteiger partial charge in [-0.05, 0) is 6.07 Å². The first-order valence-corrected chi connectivity index (χ1v) is 3.39. The number of nitro groups is 1. The lowest BCUT2D eigenvalue weighted by atomic mass is 10.3. The Hall–Kier alpha value is -1.79. The molecular formula is C7H4F3NO3. The number of rotatable bonds is 3. The second kappa shape index (κ2) is 3.95. The van der Waals surface area contributed by atoms with E-state index in [9.17, 15) is 23.3 Å². The molecule has 0 unspecified atom stereocenters. The van der Waals surface area contributed by atoms with Gasteiger partial charge in [0.1, 0.15) is 0 Å². The Morgan fingerprint density at radius 1 is 1.43 bits per heavy atom. The van der Waals surface area contributed by atoms with Crippen molar-refractivity contribution in [3.8, 4) is 5.75 Å². The lowest BCUT2D eigenvalue weighted by Gasteiger charge is -2.03. The molecule has 1 aromatic carbocycles. The summed E-state index contributed by atoms with van der Waals surface area (Å²) in [7, 11) is 0. The summed E-state index contributed by atoms with van der Waals surface area (Å²) in [6, 6.07) is 1.27. The lowest BCUT2D eigenvalue weighted by Crippen LogP contribution is -2.00. The number of nitro benzene ring substituents is 1. The summed E-state index contributed by atoms with van der Waals surface area (Å²) in [5.41, 5.74) is -0.963. The van der Waals surface area contributed by atoms with Crippen molar-refractivity contribution in [3.63, 3.8) is 0 Å². The maximum atomic E-state index is 13.0. The summed E-state index contributed by atoms with van der Waals surface area (Å²) in [4.78, 5) is 9.13. The molecule has 0 N–H and O–H groups in total. The highest BCUT2D eigenvalue weighted by molar-refractivity contribution is 5.41. The van der Waals surface area contributed by atoms with Crippen molar-refractivity contribution in [1.82, 2.24) is 0 Å². The van der Waals surface area contributed by atoms with Crippen LogP contribution < -0.4 is 4.74 Å². The molecule has 14 heavy (non-hydrogen) atoms. The van der Waals surface area contributed by atoms with Crippen LogP contribution in [0.1, 0.15) is 0 Å². The van der Waals surface area contributed by atoms with Crippen molar-refractivity contribution in [1.29, 1.82) is 0 Å². The summed E-state index contributed by atoms with van der Waals surface area (Å²) in [5.74, 6) is -3.79. The Kier molecular flexibility index (Phi) is 2.90. The van der Waals surface area contributed by atoms with Crippen LogP contribution in [0.2, 0.25) is 0 Å². The molecule has 0 spiro atoms. The molecule has 0 aliphatic carbocycles. The van der Waals surface area contributed by atoms with Crippen LogP contribution in [0.25, 0.3) is 0 Å². The molecular weight excluding hydrogens is 203 g/mol. The van der Waals surface area contributed by atoms with Gasteiger partial charge in [-0.1, -0.05) is 0 Å². The van der Waals surface area contributed by atoms with E-state index in [2.05, 4.69) is 4.74 Å². The van der Waals surface area contributed by atoms with E-state index in [0.29, 0.717) is 12.1 Å². The summed E-state index contributed by atoms with van der Waals surface area (Å²) >= 11 is 0. The van der Waals surface area contributed by atoms with Crippen LogP contribution in [0.3, 0.4) is 0 Å². The molecule has 0 saturated carbocycles. The molecule has 0 saturated heterocycles. The maximum absolute atomic E-state index is 13.0. The Morgan fingerprint density at radius 2 is 2.07 bits per heavy atom. The van der Waals surface area contributed by atoms with Gasteiger partial charge in [-0.2, -0.15) is 4.39 Å².